The lowest BCUT2D eigenvalue weighted by Crippen LogP contribution is -2.37. The average molecular weight is 380 g/mol. The molecule has 0 radical (unpaired) electrons. The minimum absolute atomic E-state index is 0.192. The number of rotatable bonds is 6. The number of carbonyl (C=O) groups excluding carboxylic acids is 3. The summed E-state index contributed by atoms with van der Waals surface area (Å²) in [7, 11) is 1.43. The number of anilines is 1. The van der Waals surface area contributed by atoms with E-state index in [1.54, 1.807) is 38.1 Å². The van der Waals surface area contributed by atoms with Gasteiger partial charge in [-0.1, -0.05) is 28.9 Å². The Morgan fingerprint density at radius 1 is 1.27 bits per heavy atom. The predicted octanol–water partition coefficient (Wildman–Crippen LogP) is 2.20. The summed E-state index contributed by atoms with van der Waals surface area (Å²) >= 11 is 5.96. The molecule has 2 amide bonds. The number of para-hydroxylation sites is 1. The number of hydrogen-bond acceptors (Lipinski definition) is 6. The van der Waals surface area contributed by atoms with E-state index in [1.165, 1.54) is 7.05 Å². The molecule has 0 saturated heterocycles. The number of carbonyl (C=O) groups is 3. The van der Waals surface area contributed by atoms with Crippen LogP contribution < -0.4 is 5.32 Å². The van der Waals surface area contributed by atoms with Gasteiger partial charge < -0.3 is 19.5 Å². The number of likely N-dealkylation sites (N-methyl/N-ethyl adjacent to an activating group) is 1. The monoisotopic (exact) mass is 379 g/mol. The molecule has 0 atom stereocenters. The molecule has 9 heteroatoms. The molecule has 0 saturated carbocycles. The topological polar surface area (TPSA) is 102 Å². The van der Waals surface area contributed by atoms with Gasteiger partial charge in [0.2, 0.25) is 5.91 Å². The zero-order valence-electron chi connectivity index (χ0n) is 14.5. The summed E-state index contributed by atoms with van der Waals surface area (Å²) in [6, 6.07) is 6.75. The van der Waals surface area contributed by atoms with Crippen LogP contribution in [0.1, 0.15) is 21.8 Å². The number of aromatic nitrogens is 1. The lowest BCUT2D eigenvalue weighted by molar-refractivity contribution is -0.136. The van der Waals surface area contributed by atoms with Crippen LogP contribution in [-0.4, -0.2) is 48.0 Å². The molecule has 0 fully saturated rings. The summed E-state index contributed by atoms with van der Waals surface area (Å²) in [5, 5.41) is 6.65. The van der Waals surface area contributed by atoms with Gasteiger partial charge >= 0.3 is 5.97 Å². The van der Waals surface area contributed by atoms with Gasteiger partial charge in [-0.2, -0.15) is 0 Å². The van der Waals surface area contributed by atoms with Crippen LogP contribution in [0.15, 0.2) is 28.8 Å². The SMILES string of the molecule is Cc1noc(C)c1C(=O)OCC(=O)N(C)CC(=O)Nc1ccccc1Cl. The van der Waals surface area contributed by atoms with E-state index in [2.05, 4.69) is 10.5 Å². The molecule has 0 bridgehead atoms. The van der Waals surface area contributed by atoms with Crippen LogP contribution in [0.3, 0.4) is 0 Å². The summed E-state index contributed by atoms with van der Waals surface area (Å²) < 4.78 is 9.85. The Morgan fingerprint density at radius 2 is 1.96 bits per heavy atom. The van der Waals surface area contributed by atoms with E-state index >= 15 is 0 Å². The quantitative estimate of drug-likeness (QED) is 0.772. The van der Waals surface area contributed by atoms with Gasteiger partial charge in [0.1, 0.15) is 11.3 Å². The third-order valence-electron chi connectivity index (χ3n) is 3.52. The number of aryl methyl sites for hydroxylation is 2. The molecule has 2 aromatic rings. The summed E-state index contributed by atoms with van der Waals surface area (Å²) in [6.07, 6.45) is 0. The first-order valence-corrected chi connectivity index (χ1v) is 8.05. The van der Waals surface area contributed by atoms with Crippen LogP contribution in [0.5, 0.6) is 0 Å². The van der Waals surface area contributed by atoms with Crippen molar-refractivity contribution in [1.82, 2.24) is 10.1 Å². The molecule has 0 aliphatic carbocycles. The number of esters is 1. The molecule has 1 aromatic heterocycles. The van der Waals surface area contributed by atoms with Gasteiger partial charge in [-0.15, -0.1) is 0 Å². The fourth-order valence-corrected chi connectivity index (χ4v) is 2.32. The maximum absolute atomic E-state index is 12.0. The standard InChI is InChI=1S/C17H18ClN3O5/c1-10-16(11(2)26-20-10)17(24)25-9-15(23)21(3)8-14(22)19-13-7-5-4-6-12(13)18/h4-7H,8-9H2,1-3H3,(H,19,22). The second-order valence-electron chi connectivity index (χ2n) is 5.55. The van der Waals surface area contributed by atoms with Crippen LogP contribution in [0.25, 0.3) is 0 Å². The van der Waals surface area contributed by atoms with E-state index in [1.807, 2.05) is 0 Å². The van der Waals surface area contributed by atoms with Gasteiger partial charge in [0.15, 0.2) is 6.61 Å². The molecule has 138 valence electrons. The van der Waals surface area contributed by atoms with Crippen LogP contribution in [0, 0.1) is 13.8 Å². The average Bonchev–Trinajstić information content (AvgIpc) is 2.93. The van der Waals surface area contributed by atoms with Crippen molar-refractivity contribution in [3.63, 3.8) is 0 Å². The molecule has 1 N–H and O–H groups in total. The first kappa shape index (κ1) is 19.5. The van der Waals surface area contributed by atoms with Crippen LogP contribution in [0.2, 0.25) is 5.02 Å². The first-order valence-electron chi connectivity index (χ1n) is 7.68. The fraction of sp³-hybridized carbons (Fsp3) is 0.294. The van der Waals surface area contributed by atoms with Gasteiger partial charge in [-0.3, -0.25) is 9.59 Å². The van der Waals surface area contributed by atoms with E-state index < -0.39 is 24.4 Å². The third-order valence-corrected chi connectivity index (χ3v) is 3.85. The molecule has 2 rings (SSSR count). The van der Waals surface area contributed by atoms with Crippen molar-refractivity contribution in [1.29, 1.82) is 0 Å². The Balaban J connectivity index is 1.84. The second-order valence-corrected chi connectivity index (χ2v) is 5.96. The number of benzene rings is 1. The van der Waals surface area contributed by atoms with E-state index in [0.717, 1.165) is 4.90 Å². The Bertz CT molecular complexity index is 814. The van der Waals surface area contributed by atoms with Crippen molar-refractivity contribution < 1.29 is 23.6 Å². The molecular weight excluding hydrogens is 362 g/mol. The van der Waals surface area contributed by atoms with Crippen molar-refractivity contribution in [2.75, 3.05) is 25.5 Å². The van der Waals surface area contributed by atoms with E-state index in [9.17, 15) is 14.4 Å². The largest absolute Gasteiger partial charge is 0.452 e. The number of halogens is 1. The maximum Gasteiger partial charge on any atom is 0.344 e. The van der Waals surface area contributed by atoms with Gasteiger partial charge in [0.25, 0.3) is 5.91 Å². The number of nitrogens with zero attached hydrogens (tertiary/aromatic N) is 2. The highest BCUT2D eigenvalue weighted by molar-refractivity contribution is 6.33. The second kappa shape index (κ2) is 8.48. The smallest absolute Gasteiger partial charge is 0.344 e. The van der Waals surface area contributed by atoms with Crippen molar-refractivity contribution in [2.24, 2.45) is 0 Å². The molecular formula is C17H18ClN3O5. The zero-order valence-corrected chi connectivity index (χ0v) is 15.3. The Kier molecular flexibility index (Phi) is 6.35. The normalized spacial score (nSPS) is 10.3. The molecule has 0 unspecified atom stereocenters. The van der Waals surface area contributed by atoms with E-state index in [0.29, 0.717) is 22.2 Å². The van der Waals surface area contributed by atoms with Crippen molar-refractivity contribution in [2.45, 2.75) is 13.8 Å². The van der Waals surface area contributed by atoms with Crippen molar-refractivity contribution in [3.8, 4) is 0 Å². The Labute approximate surface area is 155 Å². The summed E-state index contributed by atoms with van der Waals surface area (Å²) in [4.78, 5) is 37.2. The number of ether oxygens (including phenoxy) is 1. The van der Waals surface area contributed by atoms with Crippen LogP contribution in [0.4, 0.5) is 5.69 Å². The van der Waals surface area contributed by atoms with Gasteiger partial charge in [0.05, 0.1) is 22.9 Å². The first-order chi connectivity index (χ1) is 12.3. The van der Waals surface area contributed by atoms with Crippen molar-refractivity contribution >= 4 is 35.1 Å². The van der Waals surface area contributed by atoms with Gasteiger partial charge in [0, 0.05) is 7.05 Å². The Hall–Kier alpha value is -2.87. The predicted molar refractivity (Wildman–Crippen MR) is 94.0 cm³/mol. The fourth-order valence-electron chi connectivity index (χ4n) is 2.14. The molecule has 8 nitrogen and oxygen atoms in total. The maximum atomic E-state index is 12.0. The molecule has 1 heterocycles. The highest BCUT2D eigenvalue weighted by Crippen LogP contribution is 2.20. The lowest BCUT2D eigenvalue weighted by Gasteiger charge is -2.17. The lowest BCUT2D eigenvalue weighted by atomic mass is 10.2. The Morgan fingerprint density at radius 3 is 2.58 bits per heavy atom. The van der Waals surface area contributed by atoms with Crippen LogP contribution in [-0.2, 0) is 14.3 Å². The van der Waals surface area contributed by atoms with Crippen LogP contribution >= 0.6 is 11.6 Å². The molecule has 0 spiro atoms. The summed E-state index contributed by atoms with van der Waals surface area (Å²) in [6.45, 7) is 2.45. The minimum Gasteiger partial charge on any atom is -0.452 e. The van der Waals surface area contributed by atoms with E-state index in [4.69, 9.17) is 20.9 Å². The molecule has 26 heavy (non-hydrogen) atoms. The van der Waals surface area contributed by atoms with Crippen molar-refractivity contribution in [3.05, 3.63) is 46.3 Å². The number of nitrogens with one attached hydrogen (secondary N) is 1. The number of hydrogen-bond donors (Lipinski definition) is 1. The highest BCUT2D eigenvalue weighted by atomic mass is 35.5. The summed E-state index contributed by atoms with van der Waals surface area (Å²) in [5.41, 5.74) is 1.02. The number of amides is 2. The molecule has 1 aromatic carbocycles. The third kappa shape index (κ3) is 4.82. The minimum atomic E-state index is -0.705. The zero-order chi connectivity index (χ0) is 19.3. The van der Waals surface area contributed by atoms with Gasteiger partial charge in [-0.05, 0) is 26.0 Å². The van der Waals surface area contributed by atoms with E-state index in [-0.39, 0.29) is 12.1 Å². The van der Waals surface area contributed by atoms with Gasteiger partial charge in [-0.25, -0.2) is 4.79 Å². The molecule has 0 aliphatic rings. The summed E-state index contributed by atoms with van der Waals surface area (Å²) in [5.74, 6) is -1.35. The highest BCUT2D eigenvalue weighted by Gasteiger charge is 2.21. The molecule has 0 aliphatic heterocycles.